The zero-order chi connectivity index (χ0) is 18.0. The molecule has 2 aromatic heterocycles. The minimum Gasteiger partial charge on any atom is -0.316 e. The van der Waals surface area contributed by atoms with Crippen LogP contribution in [0.2, 0.25) is 0 Å². The normalized spacial score (nSPS) is 10.9. The number of nitro groups is 1. The summed E-state index contributed by atoms with van der Waals surface area (Å²) in [5.74, 6) is 0. The number of hydrogen-bond acceptors (Lipinski definition) is 6. The van der Waals surface area contributed by atoms with Gasteiger partial charge in [-0.05, 0) is 12.5 Å². The smallest absolute Gasteiger partial charge is 0.316 e. The minimum atomic E-state index is -0.872. The van der Waals surface area contributed by atoms with Crippen LogP contribution in [0, 0.1) is 10.1 Å². The van der Waals surface area contributed by atoms with E-state index < -0.39 is 16.0 Å². The Morgan fingerprint density at radius 1 is 1.32 bits per heavy atom. The summed E-state index contributed by atoms with van der Waals surface area (Å²) in [6, 6.07) is 2.66. The summed E-state index contributed by atoms with van der Waals surface area (Å²) in [4.78, 5) is 51.6. The summed E-state index contributed by atoms with van der Waals surface area (Å²) in [7, 11) is 0. The second-order valence-electron chi connectivity index (χ2n) is 5.30. The molecule has 0 aliphatic carbocycles. The van der Waals surface area contributed by atoms with Crippen LogP contribution in [-0.4, -0.2) is 30.3 Å². The molecule has 3 aromatic rings. The third-order valence-corrected chi connectivity index (χ3v) is 3.75. The molecular formula is C15H13N5O5. The molecule has 0 amide bonds. The lowest BCUT2D eigenvalue weighted by Crippen LogP contribution is -2.36. The van der Waals surface area contributed by atoms with Gasteiger partial charge in [0.25, 0.3) is 5.69 Å². The Morgan fingerprint density at radius 3 is 2.76 bits per heavy atom. The van der Waals surface area contributed by atoms with E-state index in [0.717, 1.165) is 6.29 Å². The van der Waals surface area contributed by atoms with Crippen LogP contribution in [0.4, 0.5) is 5.69 Å². The van der Waals surface area contributed by atoms with Crippen LogP contribution >= 0.6 is 0 Å². The third-order valence-electron chi connectivity index (χ3n) is 3.75. The number of benzene rings is 1. The number of aromatic nitrogens is 4. The van der Waals surface area contributed by atoms with Crippen LogP contribution in [0.1, 0.15) is 12.8 Å². The summed E-state index contributed by atoms with van der Waals surface area (Å²) < 4.78 is 2.67. The van der Waals surface area contributed by atoms with Crippen LogP contribution in [0.25, 0.3) is 16.7 Å². The van der Waals surface area contributed by atoms with Crippen molar-refractivity contribution >= 4 is 23.0 Å². The SMILES string of the molecule is O=CCCCn1c(=O)c(=O)[nH]c2cc([N+](=O)[O-])c(-n3ccnc3)cc21. The third kappa shape index (κ3) is 2.96. The van der Waals surface area contributed by atoms with Crippen molar-refractivity contribution < 1.29 is 9.72 Å². The molecule has 0 unspecified atom stereocenters. The van der Waals surface area contributed by atoms with Crippen molar-refractivity contribution in [2.75, 3.05) is 0 Å². The number of aryl methyl sites for hydroxylation is 1. The van der Waals surface area contributed by atoms with Crippen LogP contribution in [-0.2, 0) is 11.3 Å². The van der Waals surface area contributed by atoms with Crippen molar-refractivity contribution in [2.24, 2.45) is 0 Å². The molecule has 128 valence electrons. The number of rotatable bonds is 6. The van der Waals surface area contributed by atoms with Gasteiger partial charge in [-0.15, -0.1) is 0 Å². The predicted octanol–water partition coefficient (Wildman–Crippen LogP) is 0.763. The second-order valence-corrected chi connectivity index (χ2v) is 5.30. The van der Waals surface area contributed by atoms with Gasteiger partial charge in [-0.2, -0.15) is 0 Å². The van der Waals surface area contributed by atoms with Gasteiger partial charge in [0.05, 0.1) is 22.3 Å². The lowest BCUT2D eigenvalue weighted by molar-refractivity contribution is -0.384. The molecule has 3 rings (SSSR count). The first-order chi connectivity index (χ1) is 12.0. The molecule has 0 aliphatic rings. The van der Waals surface area contributed by atoms with Gasteiger partial charge < -0.3 is 18.9 Å². The highest BCUT2D eigenvalue weighted by atomic mass is 16.6. The van der Waals surface area contributed by atoms with Crippen molar-refractivity contribution in [2.45, 2.75) is 19.4 Å². The number of fused-ring (bicyclic) bond motifs is 1. The van der Waals surface area contributed by atoms with Crippen LogP contribution in [0.5, 0.6) is 0 Å². The average molecular weight is 343 g/mol. The number of nitrogens with zero attached hydrogens (tertiary/aromatic N) is 4. The molecular weight excluding hydrogens is 330 g/mol. The monoisotopic (exact) mass is 343 g/mol. The molecule has 0 radical (unpaired) electrons. The highest BCUT2D eigenvalue weighted by molar-refractivity contribution is 5.82. The van der Waals surface area contributed by atoms with E-state index in [1.54, 1.807) is 0 Å². The van der Waals surface area contributed by atoms with Gasteiger partial charge in [0.1, 0.15) is 12.0 Å². The first-order valence-electron chi connectivity index (χ1n) is 7.40. The van der Waals surface area contributed by atoms with Gasteiger partial charge in [0.15, 0.2) is 0 Å². The maximum absolute atomic E-state index is 12.2. The Labute approximate surface area is 139 Å². The van der Waals surface area contributed by atoms with Gasteiger partial charge in [0.2, 0.25) is 0 Å². The molecule has 2 heterocycles. The second kappa shape index (κ2) is 6.51. The molecule has 0 bridgehead atoms. The van der Waals surface area contributed by atoms with Crippen molar-refractivity contribution in [1.29, 1.82) is 0 Å². The lowest BCUT2D eigenvalue weighted by Gasteiger charge is -2.11. The Kier molecular flexibility index (Phi) is 4.25. The minimum absolute atomic E-state index is 0.152. The first-order valence-corrected chi connectivity index (χ1v) is 7.40. The fraction of sp³-hybridized carbons (Fsp3) is 0.200. The zero-order valence-corrected chi connectivity index (χ0v) is 12.9. The summed E-state index contributed by atoms with van der Waals surface area (Å²) in [6.45, 7) is 0.152. The van der Waals surface area contributed by atoms with Gasteiger partial charge in [0, 0.05) is 31.4 Å². The van der Waals surface area contributed by atoms with Gasteiger partial charge in [-0.25, -0.2) is 4.98 Å². The number of aldehydes is 1. The van der Waals surface area contributed by atoms with Crippen molar-refractivity contribution in [3.05, 3.63) is 61.7 Å². The van der Waals surface area contributed by atoms with E-state index in [-0.39, 0.29) is 29.9 Å². The highest BCUT2D eigenvalue weighted by Gasteiger charge is 2.19. The van der Waals surface area contributed by atoms with E-state index in [0.29, 0.717) is 11.9 Å². The maximum atomic E-state index is 12.2. The lowest BCUT2D eigenvalue weighted by atomic mass is 10.2. The van der Waals surface area contributed by atoms with E-state index in [1.165, 1.54) is 40.0 Å². The highest BCUT2D eigenvalue weighted by Crippen LogP contribution is 2.27. The molecule has 0 saturated heterocycles. The fourth-order valence-electron chi connectivity index (χ4n) is 2.61. The number of nitro benzene ring substituents is 1. The Balaban J connectivity index is 2.31. The molecule has 0 fully saturated rings. The van der Waals surface area contributed by atoms with E-state index >= 15 is 0 Å². The molecule has 0 saturated carbocycles. The molecule has 0 aliphatic heterocycles. The van der Waals surface area contributed by atoms with E-state index in [2.05, 4.69) is 9.97 Å². The summed E-state index contributed by atoms with van der Waals surface area (Å²) >= 11 is 0. The van der Waals surface area contributed by atoms with Gasteiger partial charge in [-0.3, -0.25) is 19.7 Å². The summed E-state index contributed by atoms with van der Waals surface area (Å²) in [5.41, 5.74) is -1.16. The molecule has 25 heavy (non-hydrogen) atoms. The maximum Gasteiger partial charge on any atom is 0.316 e. The van der Waals surface area contributed by atoms with Gasteiger partial charge >= 0.3 is 11.1 Å². The largest absolute Gasteiger partial charge is 0.316 e. The summed E-state index contributed by atoms with van der Waals surface area (Å²) in [6.07, 6.45) is 5.74. The number of unbranched alkanes of at least 4 members (excludes halogenated alkanes) is 1. The molecule has 10 heteroatoms. The van der Waals surface area contributed by atoms with Crippen molar-refractivity contribution in [1.82, 2.24) is 19.1 Å². The van der Waals surface area contributed by atoms with Crippen LogP contribution in [0.3, 0.4) is 0 Å². The quantitative estimate of drug-likeness (QED) is 0.231. The van der Waals surface area contributed by atoms with Crippen LogP contribution < -0.4 is 11.1 Å². The van der Waals surface area contributed by atoms with Crippen LogP contribution in [0.15, 0.2) is 40.4 Å². The predicted molar refractivity (Wildman–Crippen MR) is 87.9 cm³/mol. The number of aromatic amines is 1. The van der Waals surface area contributed by atoms with Crippen molar-refractivity contribution in [3.63, 3.8) is 0 Å². The molecule has 1 N–H and O–H groups in total. The van der Waals surface area contributed by atoms with Crippen molar-refractivity contribution in [3.8, 4) is 5.69 Å². The molecule has 1 aromatic carbocycles. The number of carbonyl (C=O) groups excluding carboxylic acids is 1. The Hall–Kier alpha value is -3.56. The van der Waals surface area contributed by atoms with Gasteiger partial charge in [-0.1, -0.05) is 0 Å². The number of H-pyrrole nitrogens is 1. The first kappa shape index (κ1) is 16.3. The number of hydrogen-bond donors (Lipinski definition) is 1. The topological polar surface area (TPSA) is 133 Å². The fourth-order valence-corrected chi connectivity index (χ4v) is 2.61. The number of nitrogens with one attached hydrogen (secondary N) is 1. The van der Waals surface area contributed by atoms with E-state index in [4.69, 9.17) is 0 Å². The standard InChI is InChI=1S/C15H13N5O5/c21-6-2-1-4-19-11-8-12(18-5-3-16-9-18)13(20(24)25)7-10(11)17-14(22)15(19)23/h3,5-9H,1-2,4H2,(H,17,22). The number of carbonyl (C=O) groups is 1. The molecule has 10 nitrogen and oxygen atoms in total. The number of imidazole rings is 1. The zero-order valence-electron chi connectivity index (χ0n) is 12.9. The summed E-state index contributed by atoms with van der Waals surface area (Å²) in [5, 5.41) is 11.4. The molecule has 0 spiro atoms. The molecule has 0 atom stereocenters. The Bertz CT molecular complexity index is 1060. The van der Waals surface area contributed by atoms with E-state index in [1.807, 2.05) is 0 Å². The Morgan fingerprint density at radius 2 is 2.12 bits per heavy atom. The average Bonchev–Trinajstić information content (AvgIpc) is 3.11. The van der Waals surface area contributed by atoms with E-state index in [9.17, 15) is 24.5 Å².